The maximum absolute atomic E-state index is 10.1. The van der Waals surface area contributed by atoms with E-state index in [1.54, 1.807) is 0 Å². The maximum Gasteiger partial charge on any atom is 0.255 e. The van der Waals surface area contributed by atoms with Gasteiger partial charge in [0.2, 0.25) is 11.4 Å². The minimum atomic E-state index is -5.42. The maximum atomic E-state index is 10.1. The van der Waals surface area contributed by atoms with Crippen LogP contribution < -0.4 is 4.57 Å². The third-order valence-electron chi connectivity index (χ3n) is 5.15. The van der Waals surface area contributed by atoms with Crippen molar-refractivity contribution in [1.82, 2.24) is 0 Å². The zero-order chi connectivity index (χ0) is 23.7. The second kappa shape index (κ2) is 11.5. The summed E-state index contributed by atoms with van der Waals surface area (Å²) in [6.45, 7) is 3.27. The molecule has 4 aromatic rings. The van der Waals surface area contributed by atoms with E-state index in [2.05, 4.69) is 115 Å². The molecule has 0 aliphatic rings. The largest absolute Gasteiger partial charge is 0.722 e. The molecule has 0 saturated carbocycles. The van der Waals surface area contributed by atoms with Crippen LogP contribution in [-0.2, 0) is 17.0 Å². The Balaban J connectivity index is 0.000000555. The molecule has 0 amide bonds. The quantitative estimate of drug-likeness (QED) is 0.195. The molecular formula is C27H26FNO3S. The Kier molecular flexibility index (Phi) is 8.46. The van der Waals surface area contributed by atoms with Gasteiger partial charge in [-0.15, -0.1) is 3.89 Å². The summed E-state index contributed by atoms with van der Waals surface area (Å²) < 4.78 is 37.8. The van der Waals surface area contributed by atoms with Gasteiger partial charge in [0.05, 0.1) is 0 Å². The molecule has 170 valence electrons. The molecule has 0 fully saturated rings. The topological polar surface area (TPSA) is 61.1 Å². The molecule has 0 atom stereocenters. The average Bonchev–Trinajstić information content (AvgIpc) is 2.83. The van der Waals surface area contributed by atoms with Crippen LogP contribution in [-0.4, -0.2) is 13.0 Å². The van der Waals surface area contributed by atoms with Crippen molar-refractivity contribution in [2.45, 2.75) is 26.3 Å². The van der Waals surface area contributed by atoms with Crippen LogP contribution in [0.1, 0.15) is 19.8 Å². The molecule has 6 heteroatoms. The smallest absolute Gasteiger partial charge is 0.255 e. The molecule has 3 aromatic carbocycles. The first kappa shape index (κ1) is 24.3. The Bertz CT molecular complexity index is 1190. The van der Waals surface area contributed by atoms with Crippen LogP contribution in [0.25, 0.3) is 33.6 Å². The van der Waals surface area contributed by atoms with Crippen LogP contribution in [0.2, 0.25) is 0 Å². The summed E-state index contributed by atoms with van der Waals surface area (Å²) in [5.41, 5.74) is 7.57. The van der Waals surface area contributed by atoms with Crippen molar-refractivity contribution in [3.8, 4) is 33.6 Å². The van der Waals surface area contributed by atoms with Crippen LogP contribution in [0.15, 0.2) is 103 Å². The average molecular weight is 464 g/mol. The van der Waals surface area contributed by atoms with Gasteiger partial charge in [0, 0.05) is 29.7 Å². The highest BCUT2D eigenvalue weighted by Gasteiger charge is 2.22. The molecule has 0 aliphatic carbocycles. The summed E-state index contributed by atoms with van der Waals surface area (Å²) in [5.74, 6) is 0. The predicted molar refractivity (Wildman–Crippen MR) is 129 cm³/mol. The summed E-state index contributed by atoms with van der Waals surface area (Å²) in [5, 5.41) is 0. The molecule has 0 unspecified atom stereocenters. The Morgan fingerprint density at radius 3 is 1.42 bits per heavy atom. The van der Waals surface area contributed by atoms with Gasteiger partial charge in [0.25, 0.3) is 10.5 Å². The van der Waals surface area contributed by atoms with Crippen LogP contribution in [0.3, 0.4) is 0 Å². The lowest BCUT2D eigenvalue weighted by Crippen LogP contribution is -2.39. The van der Waals surface area contributed by atoms with Crippen molar-refractivity contribution in [3.05, 3.63) is 103 Å². The number of pyridine rings is 1. The number of rotatable bonds is 6. The van der Waals surface area contributed by atoms with Crippen LogP contribution in [0, 0.1) is 0 Å². The molecule has 33 heavy (non-hydrogen) atoms. The third kappa shape index (κ3) is 7.34. The number of benzene rings is 3. The number of hydrogen-bond donors (Lipinski definition) is 0. The lowest BCUT2D eigenvalue weighted by molar-refractivity contribution is -0.675. The van der Waals surface area contributed by atoms with E-state index in [1.807, 2.05) is 0 Å². The molecule has 4 nitrogen and oxygen atoms in total. The first-order chi connectivity index (χ1) is 15.9. The molecule has 0 spiro atoms. The van der Waals surface area contributed by atoms with E-state index in [0.29, 0.717) is 0 Å². The third-order valence-corrected chi connectivity index (χ3v) is 5.15. The highest BCUT2D eigenvalue weighted by atomic mass is 32.3. The Morgan fingerprint density at radius 1 is 0.697 bits per heavy atom. The van der Waals surface area contributed by atoms with Gasteiger partial charge in [-0.25, -0.2) is 8.42 Å². The summed E-state index contributed by atoms with van der Waals surface area (Å²) >= 11 is 0. The van der Waals surface area contributed by atoms with E-state index in [1.165, 1.54) is 40.1 Å². The minimum absolute atomic E-state index is 1.01. The van der Waals surface area contributed by atoms with Crippen molar-refractivity contribution in [2.24, 2.45) is 0 Å². The SMILES string of the molecule is CCCC[n+]1c(-c2ccccc2)cc(-c2ccccc2)cc1-c1ccccc1.O=S(=O)([O-])F. The molecule has 1 aromatic heterocycles. The number of aromatic nitrogens is 1. The van der Waals surface area contributed by atoms with Gasteiger partial charge >= 0.3 is 0 Å². The number of hydrogen-bond acceptors (Lipinski definition) is 3. The van der Waals surface area contributed by atoms with Gasteiger partial charge in [-0.05, 0) is 35.4 Å². The van der Waals surface area contributed by atoms with Crippen molar-refractivity contribution < 1.29 is 21.4 Å². The van der Waals surface area contributed by atoms with Gasteiger partial charge in [-0.3, -0.25) is 0 Å². The minimum Gasteiger partial charge on any atom is -0.722 e. The second-order valence-electron chi connectivity index (χ2n) is 7.51. The van der Waals surface area contributed by atoms with Gasteiger partial charge < -0.3 is 4.55 Å². The Hall–Kier alpha value is -3.35. The fourth-order valence-electron chi connectivity index (χ4n) is 3.67. The Labute approximate surface area is 195 Å². The summed E-state index contributed by atoms with van der Waals surface area (Å²) in [6, 6.07) is 36.8. The summed E-state index contributed by atoms with van der Waals surface area (Å²) in [7, 11) is -5.42. The molecule has 0 bridgehead atoms. The molecular weight excluding hydrogens is 437 g/mol. The second-order valence-corrected chi connectivity index (χ2v) is 8.30. The van der Waals surface area contributed by atoms with Crippen molar-refractivity contribution >= 4 is 10.5 Å². The summed E-state index contributed by atoms with van der Waals surface area (Å²) in [4.78, 5) is 0. The fraction of sp³-hybridized carbons (Fsp3) is 0.148. The zero-order valence-electron chi connectivity index (χ0n) is 18.4. The van der Waals surface area contributed by atoms with Crippen molar-refractivity contribution in [1.29, 1.82) is 0 Å². The highest BCUT2D eigenvalue weighted by Crippen LogP contribution is 2.29. The number of halogens is 1. The predicted octanol–water partition coefficient (Wildman–Crippen LogP) is 6.19. The molecule has 0 saturated heterocycles. The fourth-order valence-corrected chi connectivity index (χ4v) is 3.67. The van der Waals surface area contributed by atoms with Crippen molar-refractivity contribution in [2.75, 3.05) is 0 Å². The normalized spacial score (nSPS) is 10.9. The van der Waals surface area contributed by atoms with Crippen LogP contribution in [0.4, 0.5) is 3.89 Å². The lowest BCUT2D eigenvalue weighted by atomic mass is 9.99. The van der Waals surface area contributed by atoms with Gasteiger partial charge in [-0.2, -0.15) is 4.57 Å². The first-order valence-electron chi connectivity index (χ1n) is 10.8. The molecule has 4 rings (SSSR count). The molecule has 0 aliphatic heterocycles. The van der Waals surface area contributed by atoms with E-state index >= 15 is 0 Å². The monoisotopic (exact) mass is 463 g/mol. The van der Waals surface area contributed by atoms with Crippen LogP contribution in [0.5, 0.6) is 0 Å². The van der Waals surface area contributed by atoms with Gasteiger partial charge in [0.1, 0.15) is 6.54 Å². The van der Waals surface area contributed by atoms with E-state index < -0.39 is 10.5 Å². The van der Waals surface area contributed by atoms with E-state index in [4.69, 9.17) is 13.0 Å². The molecule has 0 N–H and O–H groups in total. The zero-order valence-corrected chi connectivity index (χ0v) is 19.2. The van der Waals surface area contributed by atoms with Gasteiger partial charge in [-0.1, -0.05) is 80.1 Å². The first-order valence-corrected chi connectivity index (χ1v) is 12.1. The van der Waals surface area contributed by atoms with Crippen LogP contribution >= 0.6 is 0 Å². The lowest BCUT2D eigenvalue weighted by Gasteiger charge is -2.12. The number of unbranched alkanes of at least 4 members (excludes halogenated alkanes) is 1. The summed E-state index contributed by atoms with van der Waals surface area (Å²) in [6.07, 6.45) is 2.34. The highest BCUT2D eigenvalue weighted by molar-refractivity contribution is 7.80. The van der Waals surface area contributed by atoms with E-state index in [-0.39, 0.29) is 0 Å². The van der Waals surface area contributed by atoms with E-state index in [9.17, 15) is 3.89 Å². The molecule has 0 radical (unpaired) electrons. The standard InChI is InChI=1S/C27H26N.FHO3S/c1-2-3-19-28-26(23-15-9-5-10-16-23)20-25(22-13-7-4-8-14-22)21-27(28)24-17-11-6-12-18-24;1-5(2,3)4/h4-18,20-21H,2-3,19H2,1H3;(H,2,3,4)/q+1;/p-1. The van der Waals surface area contributed by atoms with Crippen molar-refractivity contribution in [3.63, 3.8) is 0 Å². The molecule has 1 heterocycles. The number of nitrogens with zero attached hydrogens (tertiary/aromatic N) is 1. The van der Waals surface area contributed by atoms with E-state index in [0.717, 1.165) is 13.0 Å². The Morgan fingerprint density at radius 2 is 1.06 bits per heavy atom. The van der Waals surface area contributed by atoms with Gasteiger partial charge in [0.15, 0.2) is 0 Å².